The monoisotopic (exact) mass is 388 g/mol. The van der Waals surface area contributed by atoms with Gasteiger partial charge in [-0.2, -0.15) is 9.36 Å². The van der Waals surface area contributed by atoms with E-state index in [1.54, 1.807) is 24.3 Å². The summed E-state index contributed by atoms with van der Waals surface area (Å²) >= 11 is 3.20. The van der Waals surface area contributed by atoms with Gasteiger partial charge < -0.3 is 8.83 Å². The van der Waals surface area contributed by atoms with Crippen LogP contribution in [0.3, 0.4) is 0 Å². The number of nitrogens with zero attached hydrogens (tertiary/aromatic N) is 6. The van der Waals surface area contributed by atoms with Gasteiger partial charge in [0, 0.05) is 0 Å². The molecule has 0 atom stereocenters. The van der Waals surface area contributed by atoms with Crippen molar-refractivity contribution >= 4 is 15.9 Å². The fraction of sp³-hybridized carbons (Fsp3) is 0.0714. The highest BCUT2D eigenvalue weighted by molar-refractivity contribution is 9.10. The number of benzene rings is 1. The number of halogens is 1. The molecular weight excluding hydrogens is 380 g/mol. The third-order valence-electron chi connectivity index (χ3n) is 3.18. The predicted octanol–water partition coefficient (Wildman–Crippen LogP) is 1.88. The summed E-state index contributed by atoms with van der Waals surface area (Å²) in [4.78, 5) is 12.3. The Balaban J connectivity index is 1.60. The third-order valence-corrected chi connectivity index (χ3v) is 3.60. The smallest absolute Gasteiger partial charge is 0.368 e. The number of aromatic nitrogens is 6. The lowest BCUT2D eigenvalue weighted by atomic mass is 10.3. The van der Waals surface area contributed by atoms with Gasteiger partial charge in [0.1, 0.15) is 6.54 Å². The molecule has 0 bridgehead atoms. The molecule has 120 valence electrons. The standard InChI is InChI=1S/C14H9BrN6O3/c15-11-7-6-10(23-11)13-17-16-12(24-13)8-20-14(22)21(19-18-20)9-4-2-1-3-5-9/h1-7H,8H2. The van der Waals surface area contributed by atoms with Crippen LogP contribution in [-0.2, 0) is 6.54 Å². The summed E-state index contributed by atoms with van der Waals surface area (Å²) in [7, 11) is 0. The van der Waals surface area contributed by atoms with Crippen molar-refractivity contribution in [2.24, 2.45) is 0 Å². The Morgan fingerprint density at radius 3 is 2.58 bits per heavy atom. The predicted molar refractivity (Wildman–Crippen MR) is 84.4 cm³/mol. The number of hydrogen-bond acceptors (Lipinski definition) is 7. The zero-order valence-corrected chi connectivity index (χ0v) is 13.6. The van der Waals surface area contributed by atoms with Gasteiger partial charge in [-0.15, -0.1) is 10.2 Å². The quantitative estimate of drug-likeness (QED) is 0.525. The molecule has 0 radical (unpaired) electrons. The highest BCUT2D eigenvalue weighted by atomic mass is 79.9. The molecule has 3 aromatic heterocycles. The van der Waals surface area contributed by atoms with Gasteiger partial charge in [-0.3, -0.25) is 0 Å². The van der Waals surface area contributed by atoms with Crippen molar-refractivity contribution < 1.29 is 8.83 Å². The second-order valence-corrected chi connectivity index (χ2v) is 5.55. The zero-order chi connectivity index (χ0) is 16.5. The molecule has 4 aromatic rings. The Kier molecular flexibility index (Phi) is 3.58. The van der Waals surface area contributed by atoms with Gasteiger partial charge in [0.05, 0.1) is 5.69 Å². The van der Waals surface area contributed by atoms with Gasteiger partial charge in [-0.25, -0.2) is 4.79 Å². The molecule has 4 rings (SSSR count). The molecule has 0 unspecified atom stereocenters. The Labute approximate surface area is 142 Å². The van der Waals surface area contributed by atoms with Crippen LogP contribution in [0.4, 0.5) is 0 Å². The van der Waals surface area contributed by atoms with Crippen LogP contribution in [0.2, 0.25) is 0 Å². The molecular formula is C14H9BrN6O3. The molecule has 0 aliphatic heterocycles. The van der Waals surface area contributed by atoms with E-state index in [9.17, 15) is 4.79 Å². The minimum atomic E-state index is -0.401. The molecule has 0 amide bonds. The van der Waals surface area contributed by atoms with E-state index in [-0.39, 0.29) is 18.3 Å². The van der Waals surface area contributed by atoms with E-state index in [0.717, 1.165) is 4.68 Å². The Morgan fingerprint density at radius 2 is 1.83 bits per heavy atom. The van der Waals surface area contributed by atoms with Gasteiger partial charge in [0.25, 0.3) is 5.89 Å². The van der Waals surface area contributed by atoms with Crippen molar-refractivity contribution in [3.63, 3.8) is 0 Å². The first kappa shape index (κ1) is 14.6. The average molecular weight is 389 g/mol. The van der Waals surface area contributed by atoms with E-state index in [0.29, 0.717) is 16.1 Å². The lowest BCUT2D eigenvalue weighted by Gasteiger charge is -1.96. The normalized spacial score (nSPS) is 11.0. The van der Waals surface area contributed by atoms with Crippen molar-refractivity contribution in [2.45, 2.75) is 6.54 Å². The maximum absolute atomic E-state index is 12.3. The van der Waals surface area contributed by atoms with Crippen LogP contribution >= 0.6 is 15.9 Å². The van der Waals surface area contributed by atoms with Crippen molar-refractivity contribution in [2.75, 3.05) is 0 Å². The van der Waals surface area contributed by atoms with Crippen LogP contribution in [0, 0.1) is 0 Å². The molecule has 9 nitrogen and oxygen atoms in total. The molecule has 1 aromatic carbocycles. The minimum Gasteiger partial charge on any atom is -0.444 e. The van der Waals surface area contributed by atoms with E-state index in [2.05, 4.69) is 36.6 Å². The summed E-state index contributed by atoms with van der Waals surface area (Å²) in [6.07, 6.45) is 0. The van der Waals surface area contributed by atoms with Crippen LogP contribution in [0.5, 0.6) is 0 Å². The highest BCUT2D eigenvalue weighted by Crippen LogP contribution is 2.23. The van der Waals surface area contributed by atoms with Crippen LogP contribution in [-0.4, -0.2) is 30.0 Å². The summed E-state index contributed by atoms with van der Waals surface area (Å²) in [6.45, 7) is 0.0144. The number of furan rings is 1. The fourth-order valence-electron chi connectivity index (χ4n) is 2.08. The molecule has 0 spiro atoms. The van der Waals surface area contributed by atoms with E-state index in [4.69, 9.17) is 8.83 Å². The number of tetrazole rings is 1. The first-order valence-corrected chi connectivity index (χ1v) is 7.66. The third kappa shape index (κ3) is 2.67. The SMILES string of the molecule is O=c1n(Cc2nnc(-c3ccc(Br)o3)o2)nnn1-c1ccccc1. The highest BCUT2D eigenvalue weighted by Gasteiger charge is 2.15. The first-order chi connectivity index (χ1) is 11.7. The van der Waals surface area contributed by atoms with Crippen LogP contribution in [0.25, 0.3) is 17.3 Å². The lowest BCUT2D eigenvalue weighted by Crippen LogP contribution is -2.24. The molecule has 0 saturated carbocycles. The summed E-state index contributed by atoms with van der Waals surface area (Å²) in [5, 5.41) is 15.5. The Bertz CT molecular complexity index is 1030. The van der Waals surface area contributed by atoms with Crippen LogP contribution < -0.4 is 5.69 Å². The van der Waals surface area contributed by atoms with Gasteiger partial charge in [-0.05, 0) is 50.6 Å². The average Bonchev–Trinajstić information content (AvgIpc) is 3.31. The van der Waals surface area contributed by atoms with E-state index < -0.39 is 5.69 Å². The Morgan fingerprint density at radius 1 is 1.00 bits per heavy atom. The molecule has 0 N–H and O–H groups in total. The summed E-state index contributed by atoms with van der Waals surface area (Å²) < 4.78 is 13.7. The minimum absolute atomic E-state index is 0.0144. The molecule has 24 heavy (non-hydrogen) atoms. The number of rotatable bonds is 4. The van der Waals surface area contributed by atoms with Gasteiger partial charge in [0.15, 0.2) is 10.4 Å². The van der Waals surface area contributed by atoms with Crippen molar-refractivity contribution in [1.29, 1.82) is 0 Å². The number of hydrogen-bond donors (Lipinski definition) is 0. The maximum Gasteiger partial charge on any atom is 0.368 e. The second-order valence-electron chi connectivity index (χ2n) is 4.77. The number of para-hydroxylation sites is 1. The van der Waals surface area contributed by atoms with Crippen molar-refractivity contribution in [1.82, 2.24) is 30.0 Å². The Hall–Kier alpha value is -3.01. The molecule has 0 saturated heterocycles. The summed E-state index contributed by atoms with van der Waals surface area (Å²) in [5.74, 6) is 0.875. The van der Waals surface area contributed by atoms with Gasteiger partial charge in [0.2, 0.25) is 5.89 Å². The zero-order valence-electron chi connectivity index (χ0n) is 12.0. The largest absolute Gasteiger partial charge is 0.444 e. The summed E-state index contributed by atoms with van der Waals surface area (Å²) in [5.41, 5.74) is 0.224. The van der Waals surface area contributed by atoms with E-state index in [1.807, 2.05) is 18.2 Å². The van der Waals surface area contributed by atoms with E-state index in [1.165, 1.54) is 4.68 Å². The van der Waals surface area contributed by atoms with Crippen LogP contribution in [0.1, 0.15) is 5.89 Å². The van der Waals surface area contributed by atoms with Gasteiger partial charge in [-0.1, -0.05) is 18.2 Å². The molecule has 10 heteroatoms. The molecule has 0 aliphatic carbocycles. The second kappa shape index (κ2) is 5.89. The van der Waals surface area contributed by atoms with Gasteiger partial charge >= 0.3 is 5.69 Å². The topological polar surface area (TPSA) is 105 Å². The first-order valence-electron chi connectivity index (χ1n) is 6.87. The van der Waals surface area contributed by atoms with Crippen molar-refractivity contribution in [3.05, 3.63) is 63.5 Å². The summed E-state index contributed by atoms with van der Waals surface area (Å²) in [6, 6.07) is 12.4. The maximum atomic E-state index is 12.3. The lowest BCUT2D eigenvalue weighted by molar-refractivity contribution is 0.448. The molecule has 0 fully saturated rings. The van der Waals surface area contributed by atoms with Crippen LogP contribution in [0.15, 0.2) is 60.8 Å². The molecule has 3 heterocycles. The fourth-order valence-corrected chi connectivity index (χ4v) is 2.39. The van der Waals surface area contributed by atoms with Crippen molar-refractivity contribution in [3.8, 4) is 17.3 Å². The molecule has 0 aliphatic rings. The van der Waals surface area contributed by atoms with E-state index >= 15 is 0 Å².